The van der Waals surface area contributed by atoms with Crippen LogP contribution in [0.3, 0.4) is 0 Å². The third-order valence-electron chi connectivity index (χ3n) is 4.22. The number of fused-ring (bicyclic) bond motifs is 1. The molecule has 1 heterocycles. The molecule has 6 nitrogen and oxygen atoms in total. The highest BCUT2D eigenvalue weighted by molar-refractivity contribution is 6.03. The van der Waals surface area contributed by atoms with Crippen LogP contribution in [0, 0.1) is 5.92 Å². The first-order valence-corrected chi connectivity index (χ1v) is 8.51. The molecule has 2 N–H and O–H groups in total. The van der Waals surface area contributed by atoms with Crippen LogP contribution in [0.25, 0.3) is 0 Å². The van der Waals surface area contributed by atoms with E-state index in [0.29, 0.717) is 23.8 Å². The van der Waals surface area contributed by atoms with E-state index in [4.69, 9.17) is 9.47 Å². The minimum absolute atomic E-state index is 0.230. The summed E-state index contributed by atoms with van der Waals surface area (Å²) in [4.78, 5) is 16.2. The summed E-state index contributed by atoms with van der Waals surface area (Å²) in [6, 6.07) is 3.03. The first-order chi connectivity index (χ1) is 11.7. The number of nitrogens with zero attached hydrogens (tertiary/aromatic N) is 1. The van der Waals surface area contributed by atoms with Crippen molar-refractivity contribution in [1.29, 1.82) is 0 Å². The SMILES string of the molecule is COc1cc2c(cc1OC)C(=N[C@H](CC(C)C)C(=O)O)NC(C)(C)C2. The Labute approximate surface area is 149 Å². The van der Waals surface area contributed by atoms with Crippen LogP contribution in [0.5, 0.6) is 11.5 Å². The number of hydrogen-bond donors (Lipinski definition) is 2. The van der Waals surface area contributed by atoms with Crippen LogP contribution in [0.4, 0.5) is 0 Å². The van der Waals surface area contributed by atoms with Crippen LogP contribution in [0.15, 0.2) is 17.1 Å². The van der Waals surface area contributed by atoms with E-state index in [1.54, 1.807) is 14.2 Å². The van der Waals surface area contributed by atoms with Crippen molar-refractivity contribution in [2.75, 3.05) is 14.2 Å². The van der Waals surface area contributed by atoms with Gasteiger partial charge in [0.25, 0.3) is 0 Å². The molecule has 25 heavy (non-hydrogen) atoms. The Kier molecular flexibility index (Phi) is 5.60. The number of carboxylic acid groups (broad SMARTS) is 1. The van der Waals surface area contributed by atoms with Crippen molar-refractivity contribution < 1.29 is 19.4 Å². The number of benzene rings is 1. The van der Waals surface area contributed by atoms with Gasteiger partial charge in [-0.15, -0.1) is 0 Å². The van der Waals surface area contributed by atoms with Gasteiger partial charge in [-0.1, -0.05) is 13.8 Å². The monoisotopic (exact) mass is 348 g/mol. The summed E-state index contributed by atoms with van der Waals surface area (Å²) in [6.45, 7) is 8.13. The molecule has 0 aromatic heterocycles. The van der Waals surface area contributed by atoms with E-state index in [1.807, 2.05) is 26.0 Å². The number of aliphatic carboxylic acids is 1. The predicted molar refractivity (Wildman–Crippen MR) is 97.9 cm³/mol. The number of nitrogens with one attached hydrogen (secondary N) is 1. The normalized spacial score (nSPS) is 18.4. The lowest BCUT2D eigenvalue weighted by Crippen LogP contribution is -2.50. The van der Waals surface area contributed by atoms with E-state index in [2.05, 4.69) is 24.2 Å². The van der Waals surface area contributed by atoms with Crippen molar-refractivity contribution in [2.45, 2.75) is 52.1 Å². The van der Waals surface area contributed by atoms with Gasteiger partial charge >= 0.3 is 5.97 Å². The van der Waals surface area contributed by atoms with Gasteiger partial charge in [-0.25, -0.2) is 4.79 Å². The summed E-state index contributed by atoms with van der Waals surface area (Å²) in [6.07, 6.45) is 1.27. The van der Waals surface area contributed by atoms with E-state index in [-0.39, 0.29) is 11.5 Å². The Morgan fingerprint density at radius 2 is 1.88 bits per heavy atom. The molecule has 2 rings (SSSR count). The Morgan fingerprint density at radius 1 is 1.28 bits per heavy atom. The number of rotatable bonds is 6. The maximum atomic E-state index is 11.6. The Balaban J connectivity index is 2.56. The topological polar surface area (TPSA) is 80.2 Å². The Hall–Kier alpha value is -2.24. The number of aliphatic imine (C=N–C) groups is 1. The molecular weight excluding hydrogens is 320 g/mol. The summed E-state index contributed by atoms with van der Waals surface area (Å²) in [5.74, 6) is 1.20. The highest BCUT2D eigenvalue weighted by Crippen LogP contribution is 2.34. The minimum Gasteiger partial charge on any atom is -0.493 e. The first-order valence-electron chi connectivity index (χ1n) is 8.51. The van der Waals surface area contributed by atoms with E-state index >= 15 is 0 Å². The van der Waals surface area contributed by atoms with Crippen LogP contribution in [-0.2, 0) is 11.2 Å². The molecule has 0 saturated carbocycles. The van der Waals surface area contributed by atoms with Gasteiger partial charge < -0.3 is 19.9 Å². The van der Waals surface area contributed by atoms with Crippen LogP contribution >= 0.6 is 0 Å². The van der Waals surface area contributed by atoms with Crippen molar-refractivity contribution in [3.8, 4) is 11.5 Å². The molecule has 6 heteroatoms. The Morgan fingerprint density at radius 3 is 2.40 bits per heavy atom. The van der Waals surface area contributed by atoms with Crippen molar-refractivity contribution in [3.63, 3.8) is 0 Å². The third kappa shape index (κ3) is 4.44. The molecule has 0 unspecified atom stereocenters. The Bertz CT molecular complexity index is 680. The second kappa shape index (κ2) is 7.33. The van der Waals surface area contributed by atoms with Gasteiger partial charge in [0.05, 0.1) is 14.2 Å². The molecule has 0 spiro atoms. The van der Waals surface area contributed by atoms with Gasteiger partial charge in [-0.3, -0.25) is 4.99 Å². The van der Waals surface area contributed by atoms with Crippen LogP contribution < -0.4 is 14.8 Å². The fraction of sp³-hybridized carbons (Fsp3) is 0.579. The molecule has 0 fully saturated rings. The number of ether oxygens (including phenoxy) is 2. The van der Waals surface area contributed by atoms with Crippen molar-refractivity contribution in [1.82, 2.24) is 5.32 Å². The molecule has 0 saturated heterocycles. The maximum absolute atomic E-state index is 11.6. The first kappa shape index (κ1) is 19.1. The molecule has 0 radical (unpaired) electrons. The molecule has 0 amide bonds. The van der Waals surface area contributed by atoms with Crippen molar-refractivity contribution in [2.24, 2.45) is 10.9 Å². The zero-order valence-electron chi connectivity index (χ0n) is 15.8. The van der Waals surface area contributed by atoms with Gasteiger partial charge in [0, 0.05) is 11.1 Å². The molecule has 1 atom stereocenters. The van der Waals surface area contributed by atoms with Gasteiger partial charge in [0.2, 0.25) is 0 Å². The smallest absolute Gasteiger partial charge is 0.328 e. The van der Waals surface area contributed by atoms with E-state index in [9.17, 15) is 9.90 Å². The number of carbonyl (C=O) groups is 1. The van der Waals surface area contributed by atoms with E-state index in [1.165, 1.54) is 0 Å². The van der Waals surface area contributed by atoms with Crippen LogP contribution in [0.1, 0.15) is 45.2 Å². The zero-order valence-corrected chi connectivity index (χ0v) is 15.8. The molecule has 1 aromatic carbocycles. The molecule has 1 aromatic rings. The molecular formula is C19H28N2O4. The molecule has 0 bridgehead atoms. The van der Waals surface area contributed by atoms with Gasteiger partial charge in [-0.05, 0) is 50.3 Å². The highest BCUT2D eigenvalue weighted by Gasteiger charge is 2.31. The average Bonchev–Trinajstić information content (AvgIpc) is 2.51. The van der Waals surface area contributed by atoms with Crippen LogP contribution in [0.2, 0.25) is 0 Å². The summed E-state index contributed by atoms with van der Waals surface area (Å²) >= 11 is 0. The lowest BCUT2D eigenvalue weighted by Gasteiger charge is -2.35. The summed E-state index contributed by atoms with van der Waals surface area (Å²) in [7, 11) is 3.19. The minimum atomic E-state index is -0.909. The lowest BCUT2D eigenvalue weighted by molar-refractivity contribution is -0.138. The second-order valence-corrected chi connectivity index (χ2v) is 7.51. The standard InChI is InChI=1S/C19H28N2O4/c1-11(2)7-14(18(22)23)20-17-13-9-16(25-6)15(24-5)8-12(13)10-19(3,4)21-17/h8-9,11,14H,7,10H2,1-6H3,(H,20,21)(H,22,23)/t14-/m1/s1. The number of hydrogen-bond acceptors (Lipinski definition) is 4. The predicted octanol–water partition coefficient (Wildman–Crippen LogP) is 2.87. The third-order valence-corrected chi connectivity index (χ3v) is 4.22. The molecule has 1 aliphatic rings. The summed E-state index contributed by atoms with van der Waals surface area (Å²) in [5, 5.41) is 12.9. The largest absolute Gasteiger partial charge is 0.493 e. The fourth-order valence-corrected chi connectivity index (χ4v) is 3.11. The fourth-order valence-electron chi connectivity index (χ4n) is 3.11. The summed E-state index contributed by atoms with van der Waals surface area (Å²) in [5.41, 5.74) is 1.70. The molecule has 0 aliphatic carbocycles. The average molecular weight is 348 g/mol. The van der Waals surface area contributed by atoms with Gasteiger partial charge in [0.15, 0.2) is 11.5 Å². The van der Waals surface area contributed by atoms with Crippen molar-refractivity contribution >= 4 is 11.8 Å². The van der Waals surface area contributed by atoms with Crippen molar-refractivity contribution in [3.05, 3.63) is 23.3 Å². The molecule has 138 valence electrons. The second-order valence-electron chi connectivity index (χ2n) is 7.51. The van der Waals surface area contributed by atoms with E-state index < -0.39 is 12.0 Å². The lowest BCUT2D eigenvalue weighted by atomic mass is 9.86. The van der Waals surface area contributed by atoms with Gasteiger partial charge in [0.1, 0.15) is 11.9 Å². The number of amidine groups is 1. The summed E-state index contributed by atoms with van der Waals surface area (Å²) < 4.78 is 10.8. The number of carboxylic acids is 1. The van der Waals surface area contributed by atoms with Crippen LogP contribution in [-0.4, -0.2) is 42.7 Å². The number of methoxy groups -OCH3 is 2. The quantitative estimate of drug-likeness (QED) is 0.826. The van der Waals surface area contributed by atoms with Gasteiger partial charge in [-0.2, -0.15) is 0 Å². The molecule has 1 aliphatic heterocycles. The van der Waals surface area contributed by atoms with E-state index in [0.717, 1.165) is 17.5 Å². The highest BCUT2D eigenvalue weighted by atomic mass is 16.5. The maximum Gasteiger partial charge on any atom is 0.328 e. The zero-order chi connectivity index (χ0) is 18.8.